The second kappa shape index (κ2) is 6.73. The van der Waals surface area contributed by atoms with Crippen LogP contribution in [0.5, 0.6) is 0 Å². The number of carbonyl (C=O) groups excluding carboxylic acids is 1. The van der Waals surface area contributed by atoms with Gasteiger partial charge in [-0.1, -0.05) is 34.5 Å². The van der Waals surface area contributed by atoms with Crippen molar-refractivity contribution in [2.75, 3.05) is 6.54 Å². The molecule has 1 aromatic carbocycles. The lowest BCUT2D eigenvalue weighted by molar-refractivity contribution is -0.122. The Balaban J connectivity index is 0.00000180. The number of rotatable bonds is 4. The largest absolute Gasteiger partial charge is 0.354 e. The van der Waals surface area contributed by atoms with Gasteiger partial charge in [-0.25, -0.2) is 0 Å². The van der Waals surface area contributed by atoms with E-state index < -0.39 is 6.04 Å². The second-order valence-electron chi connectivity index (χ2n) is 5.15. The Morgan fingerprint density at radius 2 is 2.00 bits per heavy atom. The van der Waals surface area contributed by atoms with E-state index in [2.05, 4.69) is 45.5 Å². The van der Waals surface area contributed by atoms with E-state index in [9.17, 15) is 4.79 Å². The number of amides is 1. The fourth-order valence-corrected chi connectivity index (χ4v) is 2.66. The average molecular weight is 348 g/mol. The molecular formula is C14H20BrClN2O. The van der Waals surface area contributed by atoms with Crippen LogP contribution in [0.1, 0.15) is 31.7 Å². The fourth-order valence-electron chi connectivity index (χ4n) is 2.39. The van der Waals surface area contributed by atoms with Crippen molar-refractivity contribution >= 4 is 34.2 Å². The minimum absolute atomic E-state index is 0. The fraction of sp³-hybridized carbons (Fsp3) is 0.500. The summed E-state index contributed by atoms with van der Waals surface area (Å²) in [6.45, 7) is 2.40. The first-order valence-corrected chi connectivity index (χ1v) is 7.12. The molecule has 2 rings (SSSR count). The summed E-state index contributed by atoms with van der Waals surface area (Å²) >= 11 is 3.45. The Kier molecular flexibility index (Phi) is 5.83. The van der Waals surface area contributed by atoms with Crippen LogP contribution in [-0.2, 0) is 10.2 Å². The highest BCUT2D eigenvalue weighted by atomic mass is 79.9. The molecule has 0 radical (unpaired) electrons. The average Bonchev–Trinajstić information content (AvgIpc) is 2.29. The molecule has 19 heavy (non-hydrogen) atoms. The zero-order chi connectivity index (χ0) is 13.2. The molecule has 3 nitrogen and oxygen atoms in total. The topological polar surface area (TPSA) is 55.1 Å². The van der Waals surface area contributed by atoms with E-state index in [-0.39, 0.29) is 23.7 Å². The van der Waals surface area contributed by atoms with Gasteiger partial charge >= 0.3 is 0 Å². The van der Waals surface area contributed by atoms with Gasteiger partial charge in [0.15, 0.2) is 0 Å². The van der Waals surface area contributed by atoms with E-state index in [0.717, 1.165) is 17.3 Å². The SMILES string of the molecule is C[C@H](N)C(=O)NCC1(c2ccc(Br)cc2)CCC1.Cl. The van der Waals surface area contributed by atoms with Gasteiger partial charge in [-0.3, -0.25) is 4.79 Å². The van der Waals surface area contributed by atoms with E-state index >= 15 is 0 Å². The van der Waals surface area contributed by atoms with Crippen LogP contribution < -0.4 is 11.1 Å². The molecule has 1 aliphatic carbocycles. The highest BCUT2D eigenvalue weighted by Gasteiger charge is 2.38. The standard InChI is InChI=1S/C14H19BrN2O.ClH/c1-10(16)13(18)17-9-14(7-2-8-14)11-3-5-12(15)6-4-11;/h3-6,10H,2,7-9,16H2,1H3,(H,17,18);1H/t10-;/m0./s1. The lowest BCUT2D eigenvalue weighted by Crippen LogP contribution is -2.49. The van der Waals surface area contributed by atoms with Crippen molar-refractivity contribution in [3.8, 4) is 0 Å². The molecule has 0 bridgehead atoms. The smallest absolute Gasteiger partial charge is 0.236 e. The third-order valence-electron chi connectivity index (χ3n) is 3.78. The molecule has 1 amide bonds. The summed E-state index contributed by atoms with van der Waals surface area (Å²) in [5.41, 5.74) is 6.99. The minimum Gasteiger partial charge on any atom is -0.354 e. The van der Waals surface area contributed by atoms with Crippen molar-refractivity contribution in [2.24, 2.45) is 5.73 Å². The molecule has 0 saturated heterocycles. The predicted molar refractivity (Wildman–Crippen MR) is 83.6 cm³/mol. The molecule has 106 valence electrons. The van der Waals surface area contributed by atoms with E-state index in [1.165, 1.54) is 12.0 Å². The van der Waals surface area contributed by atoms with Crippen molar-refractivity contribution in [1.29, 1.82) is 0 Å². The molecule has 0 heterocycles. The van der Waals surface area contributed by atoms with Crippen molar-refractivity contribution in [3.05, 3.63) is 34.3 Å². The summed E-state index contributed by atoms with van der Waals surface area (Å²) < 4.78 is 1.08. The zero-order valence-corrected chi connectivity index (χ0v) is 13.4. The van der Waals surface area contributed by atoms with E-state index in [0.29, 0.717) is 6.54 Å². The second-order valence-corrected chi connectivity index (χ2v) is 6.06. The van der Waals surface area contributed by atoms with Crippen molar-refractivity contribution in [2.45, 2.75) is 37.6 Å². The Morgan fingerprint density at radius 3 is 2.42 bits per heavy atom. The Hall–Kier alpha value is -0.580. The maximum absolute atomic E-state index is 11.6. The van der Waals surface area contributed by atoms with Crippen molar-refractivity contribution in [3.63, 3.8) is 0 Å². The van der Waals surface area contributed by atoms with Gasteiger partial charge in [0.1, 0.15) is 0 Å². The van der Waals surface area contributed by atoms with Crippen LogP contribution in [0.3, 0.4) is 0 Å². The Morgan fingerprint density at radius 1 is 1.42 bits per heavy atom. The molecule has 1 atom stereocenters. The molecule has 0 spiro atoms. The van der Waals surface area contributed by atoms with Gasteiger partial charge in [0.05, 0.1) is 6.04 Å². The molecule has 1 aromatic rings. The van der Waals surface area contributed by atoms with Gasteiger partial charge in [0.25, 0.3) is 0 Å². The molecule has 1 saturated carbocycles. The van der Waals surface area contributed by atoms with Gasteiger partial charge in [-0.2, -0.15) is 0 Å². The molecule has 1 fully saturated rings. The number of hydrogen-bond donors (Lipinski definition) is 2. The van der Waals surface area contributed by atoms with Crippen molar-refractivity contribution < 1.29 is 4.79 Å². The Bertz CT molecular complexity index is 430. The molecule has 0 aromatic heterocycles. The van der Waals surface area contributed by atoms with Crippen LogP contribution in [0.15, 0.2) is 28.7 Å². The zero-order valence-electron chi connectivity index (χ0n) is 11.0. The van der Waals surface area contributed by atoms with Gasteiger partial charge in [-0.15, -0.1) is 12.4 Å². The van der Waals surface area contributed by atoms with E-state index in [1.807, 2.05) is 0 Å². The summed E-state index contributed by atoms with van der Waals surface area (Å²) in [4.78, 5) is 11.6. The van der Waals surface area contributed by atoms with Crippen LogP contribution in [-0.4, -0.2) is 18.5 Å². The monoisotopic (exact) mass is 346 g/mol. The number of nitrogens with one attached hydrogen (secondary N) is 1. The quantitative estimate of drug-likeness (QED) is 0.880. The lowest BCUT2D eigenvalue weighted by Gasteiger charge is -2.42. The third-order valence-corrected chi connectivity index (χ3v) is 4.31. The highest BCUT2D eigenvalue weighted by Crippen LogP contribution is 2.43. The molecule has 5 heteroatoms. The van der Waals surface area contributed by atoms with Crippen molar-refractivity contribution in [1.82, 2.24) is 5.32 Å². The number of hydrogen-bond acceptors (Lipinski definition) is 2. The maximum Gasteiger partial charge on any atom is 0.236 e. The normalized spacial score (nSPS) is 17.8. The molecule has 0 unspecified atom stereocenters. The van der Waals surface area contributed by atoms with Crippen LogP contribution >= 0.6 is 28.3 Å². The highest BCUT2D eigenvalue weighted by molar-refractivity contribution is 9.10. The number of nitrogens with two attached hydrogens (primary N) is 1. The summed E-state index contributed by atoms with van der Waals surface area (Å²) in [6.07, 6.45) is 3.49. The van der Waals surface area contributed by atoms with Gasteiger partial charge in [0.2, 0.25) is 5.91 Å². The summed E-state index contributed by atoms with van der Waals surface area (Å²) in [7, 11) is 0. The molecule has 0 aliphatic heterocycles. The van der Waals surface area contributed by atoms with Crippen LogP contribution in [0.2, 0.25) is 0 Å². The summed E-state index contributed by atoms with van der Waals surface area (Å²) in [5, 5.41) is 2.96. The summed E-state index contributed by atoms with van der Waals surface area (Å²) in [5.74, 6) is -0.0709. The number of benzene rings is 1. The van der Waals surface area contributed by atoms with E-state index in [4.69, 9.17) is 5.73 Å². The number of carbonyl (C=O) groups is 1. The molecular weight excluding hydrogens is 328 g/mol. The first-order valence-electron chi connectivity index (χ1n) is 6.33. The summed E-state index contributed by atoms with van der Waals surface area (Å²) in [6, 6.07) is 7.96. The van der Waals surface area contributed by atoms with Crippen LogP contribution in [0.25, 0.3) is 0 Å². The first-order chi connectivity index (χ1) is 8.53. The van der Waals surface area contributed by atoms with Gasteiger partial charge in [-0.05, 0) is 37.5 Å². The van der Waals surface area contributed by atoms with Gasteiger partial charge < -0.3 is 11.1 Å². The van der Waals surface area contributed by atoms with Gasteiger partial charge in [0, 0.05) is 16.4 Å². The maximum atomic E-state index is 11.6. The predicted octanol–water partition coefficient (Wildman–Crippen LogP) is 2.76. The number of halogens is 2. The molecule has 1 aliphatic rings. The van der Waals surface area contributed by atoms with Crippen LogP contribution in [0.4, 0.5) is 0 Å². The third kappa shape index (κ3) is 3.71. The van der Waals surface area contributed by atoms with E-state index in [1.54, 1.807) is 6.92 Å². The Labute approximate surface area is 128 Å². The lowest BCUT2D eigenvalue weighted by atomic mass is 9.64. The van der Waals surface area contributed by atoms with Crippen LogP contribution in [0, 0.1) is 0 Å². The first kappa shape index (κ1) is 16.5. The molecule has 3 N–H and O–H groups in total. The minimum atomic E-state index is -0.438.